The molecule has 1 heterocycles. The topological polar surface area (TPSA) is 60.7 Å². The second kappa shape index (κ2) is 9.21. The van der Waals surface area contributed by atoms with Crippen LogP contribution in [0.5, 0.6) is 0 Å². The summed E-state index contributed by atoms with van der Waals surface area (Å²) in [4.78, 5) is 30.2. The summed E-state index contributed by atoms with van der Waals surface area (Å²) in [5.74, 6) is 0.0976. The number of thiazole rings is 1. The van der Waals surface area contributed by atoms with Crippen molar-refractivity contribution in [3.8, 4) is 0 Å². The van der Waals surface area contributed by atoms with Crippen molar-refractivity contribution in [3.63, 3.8) is 0 Å². The summed E-state index contributed by atoms with van der Waals surface area (Å²) in [6.45, 7) is 4.10. The third-order valence-corrected chi connectivity index (χ3v) is 6.42. The van der Waals surface area contributed by atoms with Crippen LogP contribution >= 0.6 is 23.1 Å². The van der Waals surface area contributed by atoms with Crippen molar-refractivity contribution in [2.75, 3.05) is 12.9 Å². The molecule has 7 heteroatoms. The number of methoxy groups -OCH3 is 1. The van der Waals surface area contributed by atoms with Crippen molar-refractivity contribution in [2.24, 2.45) is 4.99 Å². The zero-order chi connectivity index (χ0) is 20.1. The number of amides is 1. The molecule has 146 valence electrons. The number of esters is 1. The molecule has 0 N–H and O–H groups in total. The van der Waals surface area contributed by atoms with Gasteiger partial charge < -0.3 is 9.30 Å². The molecular weight excluding hydrogens is 392 g/mol. The lowest BCUT2D eigenvalue weighted by Crippen LogP contribution is -2.22. The van der Waals surface area contributed by atoms with Crippen LogP contribution in [-0.2, 0) is 20.9 Å². The quantitative estimate of drug-likeness (QED) is 0.450. The Hall–Kier alpha value is -2.38. The van der Waals surface area contributed by atoms with E-state index in [9.17, 15) is 9.59 Å². The number of aryl methyl sites for hydroxylation is 2. The van der Waals surface area contributed by atoms with Gasteiger partial charge in [0.25, 0.3) is 0 Å². The Morgan fingerprint density at radius 3 is 2.57 bits per heavy atom. The van der Waals surface area contributed by atoms with Crippen molar-refractivity contribution < 1.29 is 14.3 Å². The van der Waals surface area contributed by atoms with Crippen molar-refractivity contribution >= 4 is 45.2 Å². The molecule has 0 aliphatic carbocycles. The number of thioether (sulfide) groups is 1. The predicted octanol–water partition coefficient (Wildman–Crippen LogP) is 4.10. The van der Waals surface area contributed by atoms with Gasteiger partial charge in [0.2, 0.25) is 5.91 Å². The monoisotopic (exact) mass is 414 g/mol. The summed E-state index contributed by atoms with van der Waals surface area (Å²) in [7, 11) is 1.36. The summed E-state index contributed by atoms with van der Waals surface area (Å²) >= 11 is 3.05. The molecule has 0 aliphatic heterocycles. The van der Waals surface area contributed by atoms with Crippen molar-refractivity contribution in [2.45, 2.75) is 31.7 Å². The van der Waals surface area contributed by atoms with Crippen LogP contribution in [0, 0.1) is 13.8 Å². The SMILES string of the molecule is COC(=O)Cn1c(=NC(=O)CCSc2ccccc2)sc2cc(C)c(C)cc21. The van der Waals surface area contributed by atoms with Gasteiger partial charge in [0, 0.05) is 17.1 Å². The van der Waals surface area contributed by atoms with Crippen molar-refractivity contribution in [1.29, 1.82) is 0 Å². The summed E-state index contributed by atoms with van der Waals surface area (Å²) in [6, 6.07) is 14.1. The highest BCUT2D eigenvalue weighted by Crippen LogP contribution is 2.22. The van der Waals surface area contributed by atoms with E-state index in [0.717, 1.165) is 26.2 Å². The second-order valence-corrected chi connectivity index (χ2v) is 8.55. The van der Waals surface area contributed by atoms with Gasteiger partial charge in [0.15, 0.2) is 4.80 Å². The molecular formula is C21H22N2O3S2. The zero-order valence-corrected chi connectivity index (χ0v) is 17.7. The number of carbonyl (C=O) groups excluding carboxylic acids is 2. The molecule has 1 aromatic heterocycles. The molecule has 0 aliphatic rings. The summed E-state index contributed by atoms with van der Waals surface area (Å²) in [6.07, 6.45) is 0.337. The Bertz CT molecular complexity index is 1070. The Morgan fingerprint density at radius 1 is 1.14 bits per heavy atom. The molecule has 0 radical (unpaired) electrons. The normalized spacial score (nSPS) is 11.8. The van der Waals surface area contributed by atoms with Gasteiger partial charge in [0.1, 0.15) is 6.54 Å². The molecule has 0 spiro atoms. The summed E-state index contributed by atoms with van der Waals surface area (Å²) < 4.78 is 7.58. The van der Waals surface area contributed by atoms with Gasteiger partial charge in [-0.2, -0.15) is 4.99 Å². The Balaban J connectivity index is 1.86. The van der Waals surface area contributed by atoms with Crippen LogP contribution in [0.2, 0.25) is 0 Å². The fraction of sp³-hybridized carbons (Fsp3) is 0.286. The molecule has 1 amide bonds. The van der Waals surface area contributed by atoms with Crippen LogP contribution in [0.25, 0.3) is 10.2 Å². The molecule has 0 bridgehead atoms. The number of ether oxygens (including phenoxy) is 1. The smallest absolute Gasteiger partial charge is 0.325 e. The van der Waals surface area contributed by atoms with Gasteiger partial charge >= 0.3 is 5.97 Å². The van der Waals surface area contributed by atoms with E-state index in [1.54, 1.807) is 16.3 Å². The second-order valence-electron chi connectivity index (χ2n) is 6.37. The molecule has 28 heavy (non-hydrogen) atoms. The molecule has 0 fully saturated rings. The van der Waals surface area contributed by atoms with Crippen molar-refractivity contribution in [1.82, 2.24) is 4.57 Å². The number of fused-ring (bicyclic) bond motifs is 1. The summed E-state index contributed by atoms with van der Waals surface area (Å²) in [5.41, 5.74) is 3.18. The molecule has 0 saturated heterocycles. The van der Waals surface area contributed by atoms with Gasteiger partial charge in [-0.15, -0.1) is 11.8 Å². The molecule has 0 unspecified atom stereocenters. The average molecular weight is 415 g/mol. The first-order valence-corrected chi connectivity index (χ1v) is 10.7. The highest BCUT2D eigenvalue weighted by atomic mass is 32.2. The first-order valence-electron chi connectivity index (χ1n) is 8.90. The van der Waals surface area contributed by atoms with Crippen LogP contribution in [0.1, 0.15) is 17.5 Å². The van der Waals surface area contributed by atoms with E-state index >= 15 is 0 Å². The van der Waals surface area contributed by atoms with Gasteiger partial charge in [-0.1, -0.05) is 29.5 Å². The van der Waals surface area contributed by atoms with E-state index in [-0.39, 0.29) is 18.4 Å². The number of hydrogen-bond acceptors (Lipinski definition) is 5. The zero-order valence-electron chi connectivity index (χ0n) is 16.1. The Morgan fingerprint density at radius 2 is 1.86 bits per heavy atom. The molecule has 0 saturated carbocycles. The van der Waals surface area contributed by atoms with Crippen LogP contribution < -0.4 is 4.80 Å². The lowest BCUT2D eigenvalue weighted by Gasteiger charge is -2.05. The number of hydrogen-bond donors (Lipinski definition) is 0. The first kappa shape index (κ1) is 20.4. The summed E-state index contributed by atoms with van der Waals surface area (Å²) in [5, 5.41) is 0. The lowest BCUT2D eigenvalue weighted by atomic mass is 10.1. The number of aromatic nitrogens is 1. The van der Waals surface area contributed by atoms with E-state index in [2.05, 4.69) is 11.1 Å². The van der Waals surface area contributed by atoms with E-state index in [1.807, 2.05) is 50.2 Å². The van der Waals surface area contributed by atoms with Crippen LogP contribution in [-0.4, -0.2) is 29.3 Å². The van der Waals surface area contributed by atoms with Crippen molar-refractivity contribution in [3.05, 3.63) is 58.4 Å². The maximum atomic E-state index is 12.4. The standard InChI is InChI=1S/C21H22N2O3S2/c1-14-11-17-18(12-15(14)2)28-21(23(17)13-20(25)26-3)22-19(24)9-10-27-16-7-5-4-6-8-16/h4-8,11-12H,9-10,13H2,1-3H3. The molecule has 0 atom stereocenters. The highest BCUT2D eigenvalue weighted by molar-refractivity contribution is 7.99. The first-order chi connectivity index (χ1) is 13.5. The Kier molecular flexibility index (Phi) is 6.70. The fourth-order valence-electron chi connectivity index (χ4n) is 2.69. The third-order valence-electron chi connectivity index (χ3n) is 4.36. The molecule has 2 aromatic carbocycles. The van der Waals surface area contributed by atoms with Gasteiger partial charge in [-0.05, 0) is 49.2 Å². The van der Waals surface area contributed by atoms with Gasteiger partial charge in [-0.25, -0.2) is 0 Å². The van der Waals surface area contributed by atoms with E-state index in [4.69, 9.17) is 4.74 Å². The Labute approximate surface area is 172 Å². The largest absolute Gasteiger partial charge is 0.468 e. The molecule has 5 nitrogen and oxygen atoms in total. The number of rotatable bonds is 6. The average Bonchev–Trinajstić information content (AvgIpc) is 2.99. The van der Waals surface area contributed by atoms with Crippen LogP contribution in [0.3, 0.4) is 0 Å². The van der Waals surface area contributed by atoms with Gasteiger partial charge in [-0.3, -0.25) is 9.59 Å². The lowest BCUT2D eigenvalue weighted by molar-refractivity contribution is -0.141. The predicted molar refractivity (Wildman–Crippen MR) is 114 cm³/mol. The van der Waals surface area contributed by atoms with E-state index in [0.29, 0.717) is 17.0 Å². The van der Waals surface area contributed by atoms with Crippen LogP contribution in [0.15, 0.2) is 52.4 Å². The van der Waals surface area contributed by atoms with E-state index < -0.39 is 0 Å². The highest BCUT2D eigenvalue weighted by Gasteiger charge is 2.13. The molecule has 3 aromatic rings. The number of carbonyl (C=O) groups is 2. The minimum absolute atomic E-state index is 0.0316. The maximum Gasteiger partial charge on any atom is 0.325 e. The van der Waals surface area contributed by atoms with E-state index in [1.165, 1.54) is 18.4 Å². The molecule has 3 rings (SSSR count). The maximum absolute atomic E-state index is 12.4. The minimum atomic E-state index is -0.369. The number of benzene rings is 2. The number of nitrogens with zero attached hydrogens (tertiary/aromatic N) is 2. The fourth-order valence-corrected chi connectivity index (χ4v) is 4.68. The third kappa shape index (κ3) is 4.91. The van der Waals surface area contributed by atoms with Gasteiger partial charge in [0.05, 0.1) is 17.3 Å². The van der Waals surface area contributed by atoms with Crippen LogP contribution in [0.4, 0.5) is 0 Å². The minimum Gasteiger partial charge on any atom is -0.468 e.